The minimum absolute atomic E-state index is 0.305. The highest BCUT2D eigenvalue weighted by Crippen LogP contribution is 2.09. The third-order valence-electron chi connectivity index (χ3n) is 1.51. The van der Waals surface area contributed by atoms with Crippen LogP contribution in [0, 0.1) is 0 Å². The van der Waals surface area contributed by atoms with Crippen molar-refractivity contribution in [2.75, 3.05) is 25.6 Å². The van der Waals surface area contributed by atoms with Crippen LogP contribution in [0.1, 0.15) is 0 Å². The average Bonchev–Trinajstić information content (AvgIpc) is 2.15. The first-order chi connectivity index (χ1) is 6.72. The van der Waals surface area contributed by atoms with E-state index in [-0.39, 0.29) is 0 Å². The molecule has 1 heterocycles. The van der Waals surface area contributed by atoms with Crippen molar-refractivity contribution in [3.63, 3.8) is 0 Å². The van der Waals surface area contributed by atoms with E-state index in [1.54, 1.807) is 13.2 Å². The predicted octanol–water partition coefficient (Wildman–Crippen LogP) is 0.658. The van der Waals surface area contributed by atoms with Gasteiger partial charge >= 0.3 is 0 Å². The largest absolute Gasteiger partial charge is 0.389 e. The van der Waals surface area contributed by atoms with Gasteiger partial charge in [0.25, 0.3) is 0 Å². The van der Waals surface area contributed by atoms with Crippen LogP contribution in [0.25, 0.3) is 0 Å². The molecule has 1 rings (SSSR count). The van der Waals surface area contributed by atoms with Crippen LogP contribution in [0.3, 0.4) is 0 Å². The van der Waals surface area contributed by atoms with Gasteiger partial charge in [-0.3, -0.25) is 0 Å². The molecule has 0 saturated carbocycles. The summed E-state index contributed by atoms with van der Waals surface area (Å²) in [5.41, 5.74) is 0. The minimum Gasteiger partial charge on any atom is -0.389 e. The maximum absolute atomic E-state index is 9.34. The first-order valence-electron chi connectivity index (χ1n) is 4.11. The zero-order chi connectivity index (χ0) is 10.4. The van der Waals surface area contributed by atoms with Crippen LogP contribution in [-0.2, 0) is 4.74 Å². The lowest BCUT2D eigenvalue weighted by Gasteiger charge is -2.10. The van der Waals surface area contributed by atoms with Crippen molar-refractivity contribution in [3.05, 3.63) is 17.0 Å². The smallest absolute Gasteiger partial charge is 0.130 e. The van der Waals surface area contributed by atoms with Gasteiger partial charge in [-0.15, -0.1) is 0 Å². The van der Waals surface area contributed by atoms with Crippen LogP contribution in [0.2, 0.25) is 0 Å². The van der Waals surface area contributed by atoms with E-state index in [4.69, 9.17) is 4.74 Å². The Hall–Kier alpha value is -0.720. The number of nitrogens with zero attached hydrogens (tertiary/aromatic N) is 2. The number of rotatable bonds is 5. The fourth-order valence-corrected chi connectivity index (χ4v) is 1.21. The highest BCUT2D eigenvalue weighted by molar-refractivity contribution is 9.10. The summed E-state index contributed by atoms with van der Waals surface area (Å²) in [4.78, 5) is 7.85. The van der Waals surface area contributed by atoms with Crippen molar-refractivity contribution in [2.24, 2.45) is 0 Å². The van der Waals surface area contributed by atoms with Crippen LogP contribution in [0.15, 0.2) is 17.0 Å². The molecule has 0 radical (unpaired) electrons. The van der Waals surface area contributed by atoms with Crippen LogP contribution >= 0.6 is 15.9 Å². The van der Waals surface area contributed by atoms with Crippen molar-refractivity contribution in [1.29, 1.82) is 0 Å². The van der Waals surface area contributed by atoms with E-state index in [1.165, 1.54) is 6.33 Å². The lowest BCUT2D eigenvalue weighted by atomic mass is 10.4. The first kappa shape index (κ1) is 11.4. The van der Waals surface area contributed by atoms with E-state index in [1.807, 2.05) is 0 Å². The topological polar surface area (TPSA) is 67.3 Å². The third-order valence-corrected chi connectivity index (χ3v) is 1.95. The molecule has 0 aliphatic rings. The molecule has 0 aliphatic heterocycles. The molecule has 1 unspecified atom stereocenters. The van der Waals surface area contributed by atoms with Gasteiger partial charge in [-0.1, -0.05) is 0 Å². The summed E-state index contributed by atoms with van der Waals surface area (Å²) in [7, 11) is 1.55. The normalized spacial score (nSPS) is 12.5. The Labute approximate surface area is 90.7 Å². The number of aliphatic hydroxyl groups is 1. The number of anilines is 1. The molecule has 1 aromatic heterocycles. The van der Waals surface area contributed by atoms with Gasteiger partial charge in [-0.2, -0.15) is 0 Å². The molecule has 0 amide bonds. The molecule has 78 valence electrons. The number of hydrogen-bond acceptors (Lipinski definition) is 5. The average molecular weight is 262 g/mol. The maximum Gasteiger partial charge on any atom is 0.130 e. The van der Waals surface area contributed by atoms with Crippen LogP contribution in [0.5, 0.6) is 0 Å². The Kier molecular flexibility index (Phi) is 4.78. The Morgan fingerprint density at radius 2 is 2.43 bits per heavy atom. The second-order valence-corrected chi connectivity index (χ2v) is 3.53. The van der Waals surface area contributed by atoms with E-state index in [9.17, 15) is 5.11 Å². The van der Waals surface area contributed by atoms with Crippen molar-refractivity contribution >= 4 is 21.7 Å². The molecule has 0 aliphatic carbocycles. The number of nitrogens with one attached hydrogen (secondary N) is 1. The lowest BCUT2D eigenvalue weighted by Crippen LogP contribution is -2.24. The molecule has 6 heteroatoms. The second kappa shape index (κ2) is 5.90. The Bertz CT molecular complexity index is 285. The van der Waals surface area contributed by atoms with Crippen molar-refractivity contribution in [1.82, 2.24) is 9.97 Å². The van der Waals surface area contributed by atoms with E-state index in [0.717, 1.165) is 0 Å². The van der Waals surface area contributed by atoms with Gasteiger partial charge in [-0.25, -0.2) is 9.97 Å². The quantitative estimate of drug-likeness (QED) is 0.763. The molecular weight excluding hydrogens is 250 g/mol. The molecule has 0 spiro atoms. The Morgan fingerprint density at radius 3 is 3.07 bits per heavy atom. The first-order valence-corrected chi connectivity index (χ1v) is 4.90. The van der Waals surface area contributed by atoms with Gasteiger partial charge in [0.15, 0.2) is 0 Å². The number of aromatic nitrogens is 2. The summed E-state index contributed by atoms with van der Waals surface area (Å²) in [6, 6.07) is 1.74. The molecule has 0 saturated heterocycles. The standard InChI is InChI=1S/C8H12BrN3O2/c1-14-4-6(13)3-10-8-2-7(9)11-5-12-8/h2,5-6,13H,3-4H2,1H3,(H,10,11,12). The van der Waals surface area contributed by atoms with Gasteiger partial charge in [0.1, 0.15) is 16.7 Å². The molecule has 1 aromatic rings. The summed E-state index contributed by atoms with van der Waals surface area (Å²) in [5, 5.41) is 12.3. The Morgan fingerprint density at radius 1 is 1.64 bits per heavy atom. The van der Waals surface area contributed by atoms with Gasteiger partial charge in [0.05, 0.1) is 12.7 Å². The van der Waals surface area contributed by atoms with E-state index >= 15 is 0 Å². The third kappa shape index (κ3) is 3.99. The number of hydrogen-bond donors (Lipinski definition) is 2. The SMILES string of the molecule is COCC(O)CNc1cc(Br)ncn1. The van der Waals surface area contributed by atoms with E-state index < -0.39 is 6.10 Å². The predicted molar refractivity (Wildman–Crippen MR) is 56.1 cm³/mol. The summed E-state index contributed by atoms with van der Waals surface area (Å²) in [6.07, 6.45) is 0.906. The van der Waals surface area contributed by atoms with Crippen LogP contribution in [0.4, 0.5) is 5.82 Å². The van der Waals surface area contributed by atoms with Crippen LogP contribution < -0.4 is 5.32 Å². The summed E-state index contributed by atoms with van der Waals surface area (Å²) >= 11 is 3.22. The summed E-state index contributed by atoms with van der Waals surface area (Å²) < 4.78 is 5.49. The number of aliphatic hydroxyl groups excluding tert-OH is 1. The molecule has 2 N–H and O–H groups in total. The van der Waals surface area contributed by atoms with Gasteiger partial charge < -0.3 is 15.2 Å². The monoisotopic (exact) mass is 261 g/mol. The zero-order valence-corrected chi connectivity index (χ0v) is 9.36. The summed E-state index contributed by atoms with van der Waals surface area (Å²) in [6.45, 7) is 0.705. The number of methoxy groups -OCH3 is 1. The maximum atomic E-state index is 9.34. The fourth-order valence-electron chi connectivity index (χ4n) is 0.904. The summed E-state index contributed by atoms with van der Waals surface area (Å²) in [5.74, 6) is 0.669. The molecule has 5 nitrogen and oxygen atoms in total. The minimum atomic E-state index is -0.534. The van der Waals surface area contributed by atoms with Crippen molar-refractivity contribution in [2.45, 2.75) is 6.10 Å². The fraction of sp³-hybridized carbons (Fsp3) is 0.500. The second-order valence-electron chi connectivity index (χ2n) is 2.72. The molecule has 0 fully saturated rings. The molecule has 0 bridgehead atoms. The number of halogens is 1. The molecule has 14 heavy (non-hydrogen) atoms. The molecule has 1 atom stereocenters. The zero-order valence-electron chi connectivity index (χ0n) is 7.77. The van der Waals surface area contributed by atoms with Gasteiger partial charge in [-0.05, 0) is 15.9 Å². The molecular formula is C8H12BrN3O2. The van der Waals surface area contributed by atoms with Crippen molar-refractivity contribution in [3.8, 4) is 0 Å². The number of ether oxygens (including phenoxy) is 1. The van der Waals surface area contributed by atoms with E-state index in [2.05, 4.69) is 31.2 Å². The highest BCUT2D eigenvalue weighted by atomic mass is 79.9. The highest BCUT2D eigenvalue weighted by Gasteiger charge is 2.03. The van der Waals surface area contributed by atoms with Crippen LogP contribution in [-0.4, -0.2) is 41.4 Å². The van der Waals surface area contributed by atoms with E-state index in [0.29, 0.717) is 23.6 Å². The van der Waals surface area contributed by atoms with Crippen molar-refractivity contribution < 1.29 is 9.84 Å². The van der Waals surface area contributed by atoms with Gasteiger partial charge in [0.2, 0.25) is 0 Å². The molecule has 0 aromatic carbocycles. The van der Waals surface area contributed by atoms with Gasteiger partial charge in [0, 0.05) is 19.7 Å². The Balaban J connectivity index is 2.37. The lowest BCUT2D eigenvalue weighted by molar-refractivity contribution is 0.0727.